The molecule has 0 bridgehead atoms. The number of nitrogens with zero attached hydrogens (tertiary/aromatic N) is 1. The molecule has 0 radical (unpaired) electrons. The third kappa shape index (κ3) is 1.82. The summed E-state index contributed by atoms with van der Waals surface area (Å²) in [5, 5.41) is 17.5. The fourth-order valence-electron chi connectivity index (χ4n) is 1.02. The SMILES string of the molecule is N#Cc1ccc(CCl)c(Cl)c1C(=O)O. The quantitative estimate of drug-likeness (QED) is 0.794. The first kappa shape index (κ1) is 10.8. The predicted molar refractivity (Wildman–Crippen MR) is 52.7 cm³/mol. The highest BCUT2D eigenvalue weighted by Gasteiger charge is 2.17. The summed E-state index contributed by atoms with van der Waals surface area (Å²) < 4.78 is 0. The van der Waals surface area contributed by atoms with Crippen LogP contribution in [0.1, 0.15) is 21.5 Å². The Bertz CT molecular complexity index is 424. The molecule has 0 saturated carbocycles. The van der Waals surface area contributed by atoms with Gasteiger partial charge in [-0.05, 0) is 11.6 Å². The van der Waals surface area contributed by atoms with Gasteiger partial charge in [0.25, 0.3) is 0 Å². The van der Waals surface area contributed by atoms with Crippen LogP contribution < -0.4 is 0 Å². The molecular formula is C9H5Cl2NO2. The van der Waals surface area contributed by atoms with Gasteiger partial charge in [-0.3, -0.25) is 0 Å². The second-order valence-electron chi connectivity index (χ2n) is 2.51. The van der Waals surface area contributed by atoms with Crippen molar-refractivity contribution in [2.75, 3.05) is 0 Å². The summed E-state index contributed by atoms with van der Waals surface area (Å²) >= 11 is 11.3. The van der Waals surface area contributed by atoms with Gasteiger partial charge in [-0.1, -0.05) is 17.7 Å². The van der Waals surface area contributed by atoms with E-state index in [0.717, 1.165) is 0 Å². The molecule has 1 N–H and O–H groups in total. The lowest BCUT2D eigenvalue weighted by Gasteiger charge is -2.05. The summed E-state index contributed by atoms with van der Waals surface area (Å²) in [6, 6.07) is 4.70. The maximum atomic E-state index is 10.8. The first-order valence-corrected chi connectivity index (χ1v) is 4.53. The fourth-order valence-corrected chi connectivity index (χ4v) is 1.63. The van der Waals surface area contributed by atoms with Gasteiger partial charge >= 0.3 is 5.97 Å². The van der Waals surface area contributed by atoms with Crippen molar-refractivity contribution in [3.8, 4) is 6.07 Å². The minimum Gasteiger partial charge on any atom is -0.478 e. The Morgan fingerprint density at radius 2 is 2.21 bits per heavy atom. The van der Waals surface area contributed by atoms with Gasteiger partial charge in [-0.25, -0.2) is 4.79 Å². The van der Waals surface area contributed by atoms with Crippen molar-refractivity contribution in [2.24, 2.45) is 0 Å². The van der Waals surface area contributed by atoms with Crippen LogP contribution in [0.2, 0.25) is 5.02 Å². The summed E-state index contributed by atoms with van der Waals surface area (Å²) in [6.45, 7) is 0. The van der Waals surface area contributed by atoms with Crippen molar-refractivity contribution < 1.29 is 9.90 Å². The second-order valence-corrected chi connectivity index (χ2v) is 3.16. The van der Waals surface area contributed by atoms with E-state index in [-0.39, 0.29) is 22.0 Å². The van der Waals surface area contributed by atoms with Crippen molar-refractivity contribution in [3.05, 3.63) is 33.8 Å². The molecule has 0 spiro atoms. The van der Waals surface area contributed by atoms with Crippen LogP contribution in [0, 0.1) is 11.3 Å². The average Bonchev–Trinajstić information content (AvgIpc) is 2.16. The van der Waals surface area contributed by atoms with Gasteiger partial charge in [-0.15, -0.1) is 11.6 Å². The minimum atomic E-state index is -1.22. The summed E-state index contributed by atoms with van der Waals surface area (Å²) in [6.07, 6.45) is 0. The van der Waals surface area contributed by atoms with E-state index in [1.54, 1.807) is 12.1 Å². The number of carbonyl (C=O) groups is 1. The molecule has 0 aliphatic carbocycles. The molecule has 1 rings (SSSR count). The molecule has 0 fully saturated rings. The summed E-state index contributed by atoms with van der Waals surface area (Å²) in [7, 11) is 0. The molecule has 0 heterocycles. The number of nitriles is 1. The lowest BCUT2D eigenvalue weighted by Crippen LogP contribution is -2.03. The molecule has 3 nitrogen and oxygen atoms in total. The van der Waals surface area contributed by atoms with E-state index in [1.807, 2.05) is 0 Å². The highest BCUT2D eigenvalue weighted by Crippen LogP contribution is 2.25. The molecule has 72 valence electrons. The molecule has 1 aromatic rings. The summed E-state index contributed by atoms with van der Waals surface area (Å²) in [4.78, 5) is 10.8. The fraction of sp³-hybridized carbons (Fsp3) is 0.111. The zero-order chi connectivity index (χ0) is 10.7. The van der Waals surface area contributed by atoms with E-state index in [4.69, 9.17) is 33.6 Å². The molecule has 14 heavy (non-hydrogen) atoms. The van der Waals surface area contributed by atoms with Gasteiger partial charge in [0.2, 0.25) is 0 Å². The standard InChI is InChI=1S/C9H5Cl2NO2/c10-3-5-1-2-6(4-12)7(8(5)11)9(13)14/h1-2H,3H2,(H,13,14). The van der Waals surface area contributed by atoms with Crippen molar-refractivity contribution in [1.29, 1.82) is 5.26 Å². The molecule has 1 aromatic carbocycles. The molecule has 0 amide bonds. The highest BCUT2D eigenvalue weighted by atomic mass is 35.5. The maximum Gasteiger partial charge on any atom is 0.338 e. The number of carboxylic acid groups (broad SMARTS) is 1. The zero-order valence-electron chi connectivity index (χ0n) is 6.92. The molecule has 0 unspecified atom stereocenters. The van der Waals surface area contributed by atoms with Crippen LogP contribution >= 0.6 is 23.2 Å². The van der Waals surface area contributed by atoms with Crippen molar-refractivity contribution >= 4 is 29.2 Å². The monoisotopic (exact) mass is 229 g/mol. The molecular weight excluding hydrogens is 225 g/mol. The summed E-state index contributed by atoms with van der Waals surface area (Å²) in [5.74, 6) is -1.11. The van der Waals surface area contributed by atoms with E-state index in [2.05, 4.69) is 0 Å². The Morgan fingerprint density at radius 3 is 2.64 bits per heavy atom. The number of hydrogen-bond donors (Lipinski definition) is 1. The Kier molecular flexibility index (Phi) is 3.34. The van der Waals surface area contributed by atoms with Crippen molar-refractivity contribution in [2.45, 2.75) is 5.88 Å². The molecule has 0 aromatic heterocycles. The molecule has 0 saturated heterocycles. The van der Waals surface area contributed by atoms with E-state index in [1.165, 1.54) is 6.07 Å². The second kappa shape index (κ2) is 4.32. The number of aromatic carboxylic acids is 1. The van der Waals surface area contributed by atoms with E-state index in [0.29, 0.717) is 5.56 Å². The molecule has 0 atom stereocenters. The normalized spacial score (nSPS) is 9.50. The molecule has 5 heteroatoms. The average molecular weight is 230 g/mol. The largest absolute Gasteiger partial charge is 0.478 e. The predicted octanol–water partition coefficient (Wildman–Crippen LogP) is 2.65. The van der Waals surface area contributed by atoms with Gasteiger partial charge in [0, 0.05) is 5.88 Å². The highest BCUT2D eigenvalue weighted by molar-refractivity contribution is 6.35. The third-order valence-electron chi connectivity index (χ3n) is 1.70. The van der Waals surface area contributed by atoms with Gasteiger partial charge < -0.3 is 5.11 Å². The molecule has 0 aliphatic heterocycles. The Hall–Kier alpha value is -1.24. The van der Waals surface area contributed by atoms with Crippen LogP contribution in [-0.2, 0) is 5.88 Å². The number of alkyl halides is 1. The Morgan fingerprint density at radius 1 is 1.57 bits per heavy atom. The lowest BCUT2D eigenvalue weighted by molar-refractivity contribution is 0.0696. The van der Waals surface area contributed by atoms with E-state index in [9.17, 15) is 4.79 Å². The number of halogens is 2. The van der Waals surface area contributed by atoms with Crippen molar-refractivity contribution in [1.82, 2.24) is 0 Å². The van der Waals surface area contributed by atoms with Crippen molar-refractivity contribution in [3.63, 3.8) is 0 Å². The van der Waals surface area contributed by atoms with Gasteiger partial charge in [-0.2, -0.15) is 5.26 Å². The van der Waals surface area contributed by atoms with Crippen LogP contribution in [-0.4, -0.2) is 11.1 Å². The zero-order valence-corrected chi connectivity index (χ0v) is 8.43. The number of carboxylic acids is 1. The van der Waals surface area contributed by atoms with Crippen LogP contribution in [0.5, 0.6) is 0 Å². The van der Waals surface area contributed by atoms with Gasteiger partial charge in [0.05, 0.1) is 16.1 Å². The lowest BCUT2D eigenvalue weighted by atomic mass is 10.1. The van der Waals surface area contributed by atoms with Crippen LogP contribution in [0.3, 0.4) is 0 Å². The van der Waals surface area contributed by atoms with Crippen LogP contribution in [0.15, 0.2) is 12.1 Å². The molecule has 0 aliphatic rings. The Labute approximate surface area is 90.5 Å². The number of benzene rings is 1. The summed E-state index contributed by atoms with van der Waals surface area (Å²) in [5.41, 5.74) is 0.355. The van der Waals surface area contributed by atoms with Gasteiger partial charge in [0.15, 0.2) is 0 Å². The van der Waals surface area contributed by atoms with E-state index >= 15 is 0 Å². The van der Waals surface area contributed by atoms with E-state index < -0.39 is 5.97 Å². The smallest absolute Gasteiger partial charge is 0.338 e. The van der Waals surface area contributed by atoms with Crippen LogP contribution in [0.25, 0.3) is 0 Å². The number of hydrogen-bond acceptors (Lipinski definition) is 2. The third-order valence-corrected chi connectivity index (χ3v) is 2.42. The first-order valence-electron chi connectivity index (χ1n) is 3.62. The topological polar surface area (TPSA) is 61.1 Å². The van der Waals surface area contributed by atoms with Crippen LogP contribution in [0.4, 0.5) is 0 Å². The number of rotatable bonds is 2. The Balaban J connectivity index is 3.49. The minimum absolute atomic E-state index is 0.0338. The first-order chi connectivity index (χ1) is 6.61. The maximum absolute atomic E-state index is 10.8. The van der Waals surface area contributed by atoms with Gasteiger partial charge in [0.1, 0.15) is 6.07 Å².